The summed E-state index contributed by atoms with van der Waals surface area (Å²) in [5, 5.41) is 8.92. The summed E-state index contributed by atoms with van der Waals surface area (Å²) in [6.45, 7) is 5.96. The van der Waals surface area contributed by atoms with Crippen LogP contribution in [-0.4, -0.2) is 47.4 Å². The molecule has 0 amide bonds. The number of hydrogen-bond donors (Lipinski definition) is 0. The Labute approximate surface area is 133 Å². The van der Waals surface area contributed by atoms with Gasteiger partial charge in [-0.1, -0.05) is 0 Å². The normalized spacial score (nSPS) is 14.8. The summed E-state index contributed by atoms with van der Waals surface area (Å²) in [7, 11) is 1.89. The van der Waals surface area contributed by atoms with Crippen LogP contribution in [0, 0.1) is 13.8 Å². The Morgan fingerprint density at radius 1 is 1.09 bits per heavy atom. The smallest absolute Gasteiger partial charge is 0.245 e. The van der Waals surface area contributed by atoms with Gasteiger partial charge in [-0.25, -0.2) is 14.6 Å². The fraction of sp³-hybridized carbons (Fsp3) is 0.400. The van der Waals surface area contributed by atoms with E-state index in [-0.39, 0.29) is 0 Å². The minimum Gasteiger partial charge on any atom is -0.339 e. The number of anilines is 1. The van der Waals surface area contributed by atoms with Crippen LogP contribution in [-0.2, 0) is 7.05 Å². The highest BCUT2D eigenvalue weighted by molar-refractivity contribution is 5.65. The Morgan fingerprint density at radius 3 is 2.61 bits per heavy atom. The summed E-state index contributed by atoms with van der Waals surface area (Å²) in [5.41, 5.74) is 1.83. The van der Waals surface area contributed by atoms with Gasteiger partial charge >= 0.3 is 0 Å². The van der Waals surface area contributed by atoms with Crippen molar-refractivity contribution in [1.29, 1.82) is 0 Å². The van der Waals surface area contributed by atoms with Gasteiger partial charge in [-0.15, -0.1) is 10.2 Å². The van der Waals surface area contributed by atoms with Crippen LogP contribution in [0.2, 0.25) is 0 Å². The monoisotopic (exact) mass is 310 g/mol. The Balaban J connectivity index is 1.65. The highest BCUT2D eigenvalue weighted by atomic mass is 15.4. The number of aryl methyl sites for hydroxylation is 3. The highest BCUT2D eigenvalue weighted by Gasteiger charge is 2.19. The predicted octanol–water partition coefficient (Wildman–Crippen LogP) is 1.25. The van der Waals surface area contributed by atoms with E-state index >= 15 is 0 Å². The molecular weight excluding hydrogens is 292 g/mol. The lowest BCUT2D eigenvalue weighted by atomic mass is 10.2. The van der Waals surface area contributed by atoms with E-state index in [9.17, 15) is 0 Å². The van der Waals surface area contributed by atoms with Crippen LogP contribution in [0.15, 0.2) is 6.20 Å². The molecule has 3 aromatic heterocycles. The lowest BCUT2D eigenvalue weighted by molar-refractivity contribution is 0.596. The lowest BCUT2D eigenvalue weighted by Crippen LogP contribution is -2.37. The van der Waals surface area contributed by atoms with Crippen molar-refractivity contribution < 1.29 is 0 Å². The van der Waals surface area contributed by atoms with Crippen LogP contribution in [0.3, 0.4) is 0 Å². The second-order valence-electron chi connectivity index (χ2n) is 5.76. The van der Waals surface area contributed by atoms with Crippen LogP contribution < -0.4 is 4.90 Å². The van der Waals surface area contributed by atoms with Gasteiger partial charge in [0, 0.05) is 31.9 Å². The molecule has 23 heavy (non-hydrogen) atoms. The van der Waals surface area contributed by atoms with Gasteiger partial charge in [0.25, 0.3) is 0 Å². The molecule has 1 saturated heterocycles. The molecule has 3 aromatic rings. The molecule has 1 aliphatic heterocycles. The van der Waals surface area contributed by atoms with Crippen LogP contribution in [0.25, 0.3) is 17.8 Å². The van der Waals surface area contributed by atoms with E-state index in [1.54, 1.807) is 9.20 Å². The zero-order chi connectivity index (χ0) is 16.0. The van der Waals surface area contributed by atoms with Crippen LogP contribution in [0.5, 0.6) is 0 Å². The molecule has 4 heterocycles. The van der Waals surface area contributed by atoms with Crippen LogP contribution >= 0.6 is 0 Å². The Kier molecular flexibility index (Phi) is 3.10. The van der Waals surface area contributed by atoms with Crippen LogP contribution in [0.1, 0.15) is 29.5 Å². The fourth-order valence-corrected chi connectivity index (χ4v) is 2.51. The van der Waals surface area contributed by atoms with Gasteiger partial charge in [-0.05, 0) is 32.4 Å². The van der Waals surface area contributed by atoms with E-state index in [4.69, 9.17) is 0 Å². The predicted molar refractivity (Wildman–Crippen MR) is 87.0 cm³/mol. The van der Waals surface area contributed by atoms with Crippen molar-refractivity contribution in [1.82, 2.24) is 34.3 Å². The molecule has 0 aliphatic carbocycles. The van der Waals surface area contributed by atoms with Gasteiger partial charge < -0.3 is 4.90 Å². The molecular formula is C15H18N8. The number of nitrogens with zero attached hydrogens (tertiary/aromatic N) is 8. The molecule has 118 valence electrons. The summed E-state index contributed by atoms with van der Waals surface area (Å²) < 4.78 is 3.54. The van der Waals surface area contributed by atoms with E-state index in [0.29, 0.717) is 5.82 Å². The molecule has 0 bridgehead atoms. The molecule has 8 heteroatoms. The number of aromatic nitrogens is 7. The third kappa shape index (κ3) is 2.36. The highest BCUT2D eigenvalue weighted by Crippen LogP contribution is 2.17. The number of rotatable bonds is 3. The molecule has 8 nitrogen and oxygen atoms in total. The average Bonchev–Trinajstić information content (AvgIpc) is 3.04. The molecule has 0 spiro atoms. The van der Waals surface area contributed by atoms with Crippen molar-refractivity contribution in [3.05, 3.63) is 29.2 Å². The van der Waals surface area contributed by atoms with Crippen molar-refractivity contribution in [3.8, 4) is 0 Å². The van der Waals surface area contributed by atoms with E-state index in [2.05, 4.69) is 30.0 Å². The topological polar surface area (TPSA) is 77.0 Å². The van der Waals surface area contributed by atoms with E-state index in [1.165, 1.54) is 6.42 Å². The van der Waals surface area contributed by atoms with E-state index in [1.807, 2.05) is 39.2 Å². The fourth-order valence-electron chi connectivity index (χ4n) is 2.51. The van der Waals surface area contributed by atoms with E-state index in [0.717, 1.165) is 41.9 Å². The van der Waals surface area contributed by atoms with Crippen molar-refractivity contribution in [2.75, 3.05) is 18.0 Å². The molecule has 1 fully saturated rings. The minimum absolute atomic E-state index is 0.637. The maximum Gasteiger partial charge on any atom is 0.245 e. The second-order valence-corrected chi connectivity index (χ2v) is 5.76. The Morgan fingerprint density at radius 2 is 1.91 bits per heavy atom. The van der Waals surface area contributed by atoms with Crippen molar-refractivity contribution in [3.63, 3.8) is 0 Å². The lowest BCUT2D eigenvalue weighted by Gasteiger charge is -2.29. The maximum atomic E-state index is 4.55. The third-order valence-electron chi connectivity index (χ3n) is 4.03. The summed E-state index contributed by atoms with van der Waals surface area (Å²) >= 11 is 0. The SMILES string of the molecule is Cc1cnc(C)n2nc(/C=C/c3nc(N4CCC4)nn3C)nc12. The minimum atomic E-state index is 0.637. The first-order valence-corrected chi connectivity index (χ1v) is 7.65. The Bertz CT molecular complexity index is 861. The molecule has 0 saturated carbocycles. The summed E-state index contributed by atoms with van der Waals surface area (Å²) in [6, 6.07) is 0. The standard InChI is InChI=1S/C15H18N8/c1-10-9-16-11(2)23-14(10)17-12(19-23)5-6-13-18-15(20-21(13)3)22-7-4-8-22/h5-6,9H,4,7-8H2,1-3H3/b6-5+. The summed E-state index contributed by atoms with van der Waals surface area (Å²) in [6.07, 6.45) is 6.77. The molecule has 1 aliphatic rings. The summed E-state index contributed by atoms with van der Waals surface area (Å²) in [5.74, 6) is 3.03. The second kappa shape index (κ2) is 5.15. The third-order valence-corrected chi connectivity index (χ3v) is 4.03. The first-order chi connectivity index (χ1) is 11.1. The summed E-state index contributed by atoms with van der Waals surface area (Å²) in [4.78, 5) is 15.6. The Hall–Kier alpha value is -2.77. The van der Waals surface area contributed by atoms with Crippen molar-refractivity contribution in [2.24, 2.45) is 7.05 Å². The quantitative estimate of drug-likeness (QED) is 0.724. The zero-order valence-corrected chi connectivity index (χ0v) is 13.4. The van der Waals surface area contributed by atoms with Gasteiger partial charge in [-0.2, -0.15) is 9.50 Å². The van der Waals surface area contributed by atoms with Gasteiger partial charge in [0.05, 0.1) is 0 Å². The molecule has 0 N–H and O–H groups in total. The van der Waals surface area contributed by atoms with Gasteiger partial charge in [0.15, 0.2) is 17.3 Å². The number of fused-ring (bicyclic) bond motifs is 1. The number of hydrogen-bond acceptors (Lipinski definition) is 6. The van der Waals surface area contributed by atoms with Gasteiger partial charge in [0.1, 0.15) is 5.82 Å². The maximum absolute atomic E-state index is 4.55. The molecule has 0 aromatic carbocycles. The largest absolute Gasteiger partial charge is 0.339 e. The van der Waals surface area contributed by atoms with Crippen molar-refractivity contribution >= 4 is 23.7 Å². The zero-order valence-electron chi connectivity index (χ0n) is 13.4. The van der Waals surface area contributed by atoms with Crippen molar-refractivity contribution in [2.45, 2.75) is 20.3 Å². The molecule has 0 atom stereocenters. The first kappa shape index (κ1) is 13.9. The van der Waals surface area contributed by atoms with Crippen LogP contribution in [0.4, 0.5) is 5.95 Å². The van der Waals surface area contributed by atoms with Gasteiger partial charge in [0.2, 0.25) is 5.95 Å². The van der Waals surface area contributed by atoms with E-state index < -0.39 is 0 Å². The van der Waals surface area contributed by atoms with Gasteiger partial charge in [-0.3, -0.25) is 0 Å². The molecule has 4 rings (SSSR count). The molecule has 0 unspecified atom stereocenters. The average molecular weight is 310 g/mol. The molecule has 0 radical (unpaired) electrons. The first-order valence-electron chi connectivity index (χ1n) is 7.65.